The maximum Gasteiger partial charge on any atom is 0.227 e. The molecule has 1 atom stereocenters. The molecule has 24 heavy (non-hydrogen) atoms. The van der Waals surface area contributed by atoms with Crippen LogP contribution in [0.4, 0.5) is 5.69 Å². The summed E-state index contributed by atoms with van der Waals surface area (Å²) in [5.41, 5.74) is 4.17. The zero-order chi connectivity index (χ0) is 16.8. The van der Waals surface area contributed by atoms with Crippen molar-refractivity contribution < 1.29 is 4.79 Å². The van der Waals surface area contributed by atoms with Gasteiger partial charge >= 0.3 is 0 Å². The average Bonchev–Trinajstić information content (AvgIpc) is 3.11. The number of benzene rings is 2. The van der Waals surface area contributed by atoms with Crippen LogP contribution in [0.2, 0.25) is 0 Å². The summed E-state index contributed by atoms with van der Waals surface area (Å²) in [6.45, 7) is 2.71. The van der Waals surface area contributed by atoms with E-state index in [1.54, 1.807) is 0 Å². The van der Waals surface area contributed by atoms with Gasteiger partial charge in [-0.3, -0.25) is 4.79 Å². The fraction of sp³-hybridized carbons (Fsp3) is 0.263. The van der Waals surface area contributed by atoms with Crippen molar-refractivity contribution in [2.45, 2.75) is 19.3 Å². The van der Waals surface area contributed by atoms with Gasteiger partial charge in [0.15, 0.2) is 0 Å². The number of carbonyl (C=O) groups excluding carboxylic acids is 1. The maximum absolute atomic E-state index is 12.6. The van der Waals surface area contributed by atoms with Crippen LogP contribution in [-0.2, 0) is 11.8 Å². The first-order valence-electron chi connectivity index (χ1n) is 8.03. The largest absolute Gasteiger partial charge is 0.331 e. The number of para-hydroxylation sites is 2. The van der Waals surface area contributed by atoms with Gasteiger partial charge in [0.1, 0.15) is 5.82 Å². The van der Waals surface area contributed by atoms with Gasteiger partial charge in [0.25, 0.3) is 0 Å². The lowest BCUT2D eigenvalue weighted by molar-refractivity contribution is -0.117. The van der Waals surface area contributed by atoms with Crippen LogP contribution in [0.1, 0.15) is 23.7 Å². The number of rotatable bonds is 2. The van der Waals surface area contributed by atoms with Crippen LogP contribution < -0.4 is 4.90 Å². The number of carbonyl (C=O) groups is 1. The highest BCUT2D eigenvalue weighted by Crippen LogP contribution is 2.35. The van der Waals surface area contributed by atoms with Gasteiger partial charge in [0, 0.05) is 36.1 Å². The van der Waals surface area contributed by atoms with E-state index in [1.165, 1.54) is 0 Å². The number of aryl methyl sites for hydroxylation is 1. The van der Waals surface area contributed by atoms with Crippen LogP contribution in [-0.4, -0.2) is 22.0 Å². The molecule has 5 heteroatoms. The van der Waals surface area contributed by atoms with Crippen molar-refractivity contribution in [2.75, 3.05) is 11.4 Å². The molecule has 0 radical (unpaired) electrons. The number of hydrogen-bond donors (Lipinski definition) is 0. The monoisotopic (exact) mass is 383 g/mol. The molecule has 1 saturated heterocycles. The number of imidazole rings is 1. The predicted octanol–water partition coefficient (Wildman–Crippen LogP) is 4.16. The van der Waals surface area contributed by atoms with Crippen molar-refractivity contribution in [3.63, 3.8) is 0 Å². The highest BCUT2D eigenvalue weighted by molar-refractivity contribution is 9.10. The quantitative estimate of drug-likeness (QED) is 0.665. The second kappa shape index (κ2) is 5.74. The standard InChI is InChI=1S/C19H18BrN3O/c1-12-14(20)6-5-9-16(12)23-11-13(10-18(23)24)19-21-15-7-3-4-8-17(15)22(19)2/h3-9,13H,10-11H2,1-2H3/t13-/m1/s1. The van der Waals surface area contributed by atoms with Crippen LogP contribution in [0.5, 0.6) is 0 Å². The minimum absolute atomic E-state index is 0.119. The lowest BCUT2D eigenvalue weighted by Gasteiger charge is -2.19. The Bertz CT molecular complexity index is 947. The van der Waals surface area contributed by atoms with Crippen molar-refractivity contribution in [3.8, 4) is 0 Å². The second-order valence-electron chi connectivity index (χ2n) is 6.31. The molecule has 0 unspecified atom stereocenters. The van der Waals surface area contributed by atoms with E-state index >= 15 is 0 Å². The molecule has 1 fully saturated rings. The van der Waals surface area contributed by atoms with Gasteiger partial charge < -0.3 is 9.47 Å². The fourth-order valence-corrected chi connectivity index (χ4v) is 3.89. The highest BCUT2D eigenvalue weighted by Gasteiger charge is 2.35. The summed E-state index contributed by atoms with van der Waals surface area (Å²) < 4.78 is 3.14. The molecule has 2 aromatic carbocycles. The molecule has 0 spiro atoms. The van der Waals surface area contributed by atoms with Crippen molar-refractivity contribution in [1.29, 1.82) is 0 Å². The number of amides is 1. The Balaban J connectivity index is 1.71. The molecule has 1 aliphatic heterocycles. The van der Waals surface area contributed by atoms with E-state index in [1.807, 2.05) is 55.3 Å². The minimum atomic E-state index is 0.119. The van der Waals surface area contributed by atoms with Gasteiger partial charge in [0.2, 0.25) is 5.91 Å². The summed E-state index contributed by atoms with van der Waals surface area (Å²) in [6.07, 6.45) is 0.503. The van der Waals surface area contributed by atoms with Crippen molar-refractivity contribution in [1.82, 2.24) is 9.55 Å². The third-order valence-electron chi connectivity index (χ3n) is 4.84. The molecule has 1 aromatic heterocycles. The summed E-state index contributed by atoms with van der Waals surface area (Å²) >= 11 is 3.55. The molecule has 0 aliphatic carbocycles. The number of aromatic nitrogens is 2. The number of nitrogens with zero attached hydrogens (tertiary/aromatic N) is 3. The van der Waals surface area contributed by atoms with E-state index in [9.17, 15) is 4.79 Å². The fourth-order valence-electron chi connectivity index (χ4n) is 3.53. The van der Waals surface area contributed by atoms with Crippen LogP contribution in [0.3, 0.4) is 0 Å². The zero-order valence-electron chi connectivity index (χ0n) is 13.7. The van der Waals surface area contributed by atoms with E-state index in [2.05, 4.69) is 26.6 Å². The molecule has 4 rings (SSSR count). The lowest BCUT2D eigenvalue weighted by atomic mass is 10.1. The van der Waals surface area contributed by atoms with Gasteiger partial charge in [0.05, 0.1) is 11.0 Å². The van der Waals surface area contributed by atoms with Crippen molar-refractivity contribution >= 4 is 38.6 Å². The lowest BCUT2D eigenvalue weighted by Crippen LogP contribution is -2.25. The smallest absolute Gasteiger partial charge is 0.227 e. The molecule has 0 N–H and O–H groups in total. The van der Waals surface area contributed by atoms with E-state index in [0.29, 0.717) is 13.0 Å². The Kier molecular flexibility index (Phi) is 3.68. The van der Waals surface area contributed by atoms with E-state index in [-0.39, 0.29) is 11.8 Å². The molecular weight excluding hydrogens is 366 g/mol. The Morgan fingerprint density at radius 1 is 1.17 bits per heavy atom. The number of anilines is 1. The first-order valence-corrected chi connectivity index (χ1v) is 8.82. The summed E-state index contributed by atoms with van der Waals surface area (Å²) in [5.74, 6) is 1.27. The molecule has 122 valence electrons. The number of fused-ring (bicyclic) bond motifs is 1. The molecule has 0 saturated carbocycles. The van der Waals surface area contributed by atoms with Crippen LogP contribution in [0.15, 0.2) is 46.9 Å². The highest BCUT2D eigenvalue weighted by atomic mass is 79.9. The minimum Gasteiger partial charge on any atom is -0.331 e. The predicted molar refractivity (Wildman–Crippen MR) is 99.3 cm³/mol. The van der Waals surface area contributed by atoms with Gasteiger partial charge in [-0.25, -0.2) is 4.98 Å². The Morgan fingerprint density at radius 2 is 1.96 bits per heavy atom. The molecule has 4 nitrogen and oxygen atoms in total. The van der Waals surface area contributed by atoms with Crippen LogP contribution >= 0.6 is 15.9 Å². The van der Waals surface area contributed by atoms with Crippen molar-refractivity contribution in [3.05, 3.63) is 58.3 Å². The molecule has 0 bridgehead atoms. The maximum atomic E-state index is 12.6. The molecule has 2 heterocycles. The molecule has 1 aliphatic rings. The van der Waals surface area contributed by atoms with E-state index in [0.717, 1.165) is 32.6 Å². The van der Waals surface area contributed by atoms with Gasteiger partial charge in [-0.2, -0.15) is 0 Å². The van der Waals surface area contributed by atoms with Gasteiger partial charge in [-0.1, -0.05) is 34.1 Å². The van der Waals surface area contributed by atoms with E-state index < -0.39 is 0 Å². The molecule has 3 aromatic rings. The van der Waals surface area contributed by atoms with Crippen LogP contribution in [0, 0.1) is 6.92 Å². The average molecular weight is 384 g/mol. The first kappa shape index (κ1) is 15.4. The Labute approximate surface area is 149 Å². The second-order valence-corrected chi connectivity index (χ2v) is 7.16. The van der Waals surface area contributed by atoms with Crippen molar-refractivity contribution in [2.24, 2.45) is 7.05 Å². The Hall–Kier alpha value is -2.14. The van der Waals surface area contributed by atoms with E-state index in [4.69, 9.17) is 4.98 Å². The third-order valence-corrected chi connectivity index (χ3v) is 5.70. The Morgan fingerprint density at radius 3 is 2.75 bits per heavy atom. The number of halogens is 1. The normalized spacial score (nSPS) is 17.9. The van der Waals surface area contributed by atoms with Gasteiger partial charge in [-0.05, 0) is 36.8 Å². The summed E-state index contributed by atoms with van der Waals surface area (Å²) in [5, 5.41) is 0. The zero-order valence-corrected chi connectivity index (χ0v) is 15.2. The molecular formula is C19H18BrN3O. The topological polar surface area (TPSA) is 38.1 Å². The molecule has 1 amide bonds. The summed E-state index contributed by atoms with van der Waals surface area (Å²) in [7, 11) is 2.03. The summed E-state index contributed by atoms with van der Waals surface area (Å²) in [4.78, 5) is 19.3. The first-order chi connectivity index (χ1) is 11.6. The SMILES string of the molecule is Cc1c(Br)cccc1N1C[C@H](c2nc3ccccc3n2C)CC1=O. The third kappa shape index (κ3) is 2.35. The van der Waals surface area contributed by atoms with Gasteiger partial charge in [-0.15, -0.1) is 0 Å². The number of hydrogen-bond acceptors (Lipinski definition) is 2. The van der Waals surface area contributed by atoms with Crippen LogP contribution in [0.25, 0.3) is 11.0 Å². The summed E-state index contributed by atoms with van der Waals surface area (Å²) in [6, 6.07) is 14.1.